The highest BCUT2D eigenvalue weighted by atomic mass is 16.5. The number of hydrogen-bond donors (Lipinski definition) is 0. The van der Waals surface area contributed by atoms with Crippen LogP contribution in [-0.2, 0) is 78.8 Å². The van der Waals surface area contributed by atoms with Crippen LogP contribution in [0.15, 0.2) is 187 Å². The van der Waals surface area contributed by atoms with Crippen LogP contribution >= 0.6 is 0 Å². The van der Waals surface area contributed by atoms with Crippen LogP contribution in [0.1, 0.15) is 92.4 Å². The van der Waals surface area contributed by atoms with Gasteiger partial charge < -0.3 is 28.4 Å². The smallest absolute Gasteiger partial charge is 0.120 e. The fourth-order valence-electron chi connectivity index (χ4n) is 8.79. The molecule has 0 amide bonds. The average molecular weight is 1210 g/mol. The third-order valence-corrected chi connectivity index (χ3v) is 12.5. The first-order valence-corrected chi connectivity index (χ1v) is 27.8. The second-order valence-electron chi connectivity index (χ2n) is 19.4. The number of nitrogens with zero attached hydrogens (tertiary/aromatic N) is 24. The van der Waals surface area contributed by atoms with E-state index >= 15 is 0 Å². The van der Waals surface area contributed by atoms with E-state index in [1.807, 2.05) is 48.6 Å². The second kappa shape index (κ2) is 39.4. The standard InChI is InChI=1S/C60H60N24O6/c61-77-69-31-43-13-44(32-70-78-62)20-57(19-43)87-39-51-17-52(40-88-58-21-45(33-71-79-63)14-46(22-58)34-72-80-64)28-55(27-51)85-11-9-7-5-3-1-2-4-6-8-10-12-86-56-29-53(41-89-59-23-47(35-73-81-65)15-48(24-59)36-74-82-66)18-54(30-56)42-90-60-25-49(37-75-83-67)16-50(26-60)38-76-84-68/h1-2,7-10,13-30H,3-6,11-12,31-42H2/b2-1+,9-7+,10-8?. The molecule has 0 aliphatic rings. The lowest BCUT2D eigenvalue weighted by molar-refractivity contribution is 0.296. The zero-order valence-corrected chi connectivity index (χ0v) is 48.8. The lowest BCUT2D eigenvalue weighted by Gasteiger charge is -2.14. The molecule has 0 unspecified atom stereocenters. The number of allylic oxidation sites excluding steroid dienone is 4. The largest absolute Gasteiger partial charge is 0.490 e. The molecule has 0 saturated heterocycles. The van der Waals surface area contributed by atoms with E-state index in [-0.39, 0.29) is 92.0 Å². The zero-order chi connectivity index (χ0) is 63.6. The number of benzene rings is 6. The Labute approximate surface area is 515 Å². The summed E-state index contributed by atoms with van der Waals surface area (Å²) < 4.78 is 37.3. The molecular formula is C60H60N24O6. The summed E-state index contributed by atoms with van der Waals surface area (Å²) >= 11 is 0. The summed E-state index contributed by atoms with van der Waals surface area (Å²) in [7, 11) is 0. The van der Waals surface area contributed by atoms with Crippen LogP contribution in [-0.4, -0.2) is 13.2 Å². The first-order chi connectivity index (χ1) is 44.2. The molecule has 0 aromatic heterocycles. The maximum absolute atomic E-state index is 8.91. The molecule has 0 aliphatic carbocycles. The number of ether oxygens (including phenoxy) is 6. The van der Waals surface area contributed by atoms with Crippen LogP contribution in [0.3, 0.4) is 0 Å². The van der Waals surface area contributed by atoms with Gasteiger partial charge in [-0.25, -0.2) is 0 Å². The van der Waals surface area contributed by atoms with E-state index in [2.05, 4.69) is 105 Å². The predicted molar refractivity (Wildman–Crippen MR) is 336 cm³/mol. The van der Waals surface area contributed by atoms with Gasteiger partial charge in [0.1, 0.15) is 74.1 Å². The van der Waals surface area contributed by atoms with E-state index in [1.165, 1.54) is 0 Å². The van der Waals surface area contributed by atoms with Gasteiger partial charge in [0.25, 0.3) is 0 Å². The van der Waals surface area contributed by atoms with Crippen LogP contribution in [0.5, 0.6) is 34.5 Å². The normalized spacial score (nSPS) is 10.4. The first kappa shape index (κ1) is 67.0. The van der Waals surface area contributed by atoms with Crippen molar-refractivity contribution in [2.24, 2.45) is 40.9 Å². The molecule has 0 radical (unpaired) electrons. The molecule has 0 N–H and O–H groups in total. The Hall–Kier alpha value is -12.2. The molecule has 0 fully saturated rings. The molecule has 0 atom stereocenters. The minimum atomic E-state index is 0.0812. The van der Waals surface area contributed by atoms with Crippen molar-refractivity contribution in [3.05, 3.63) is 296 Å². The number of azide groups is 8. The van der Waals surface area contributed by atoms with Crippen molar-refractivity contribution in [2.75, 3.05) is 13.2 Å². The Bertz CT molecular complexity index is 3290. The van der Waals surface area contributed by atoms with Gasteiger partial charge in [0.2, 0.25) is 0 Å². The maximum atomic E-state index is 8.91. The second-order valence-corrected chi connectivity index (χ2v) is 19.4. The maximum Gasteiger partial charge on any atom is 0.120 e. The van der Waals surface area contributed by atoms with E-state index in [1.54, 1.807) is 72.8 Å². The van der Waals surface area contributed by atoms with Crippen molar-refractivity contribution < 1.29 is 28.4 Å². The molecule has 90 heavy (non-hydrogen) atoms. The van der Waals surface area contributed by atoms with Gasteiger partial charge in [-0.15, -0.1) is 0 Å². The molecule has 0 spiro atoms. The van der Waals surface area contributed by atoms with Crippen molar-refractivity contribution in [2.45, 2.75) is 104 Å². The van der Waals surface area contributed by atoms with Gasteiger partial charge in [-0.05, 0) is 222 Å². The average Bonchev–Trinajstić information content (AvgIpc) is 2.77. The van der Waals surface area contributed by atoms with Crippen LogP contribution in [0, 0.1) is 0 Å². The van der Waals surface area contributed by atoms with Gasteiger partial charge >= 0.3 is 0 Å². The van der Waals surface area contributed by atoms with Crippen molar-refractivity contribution in [1.82, 2.24) is 0 Å². The summed E-state index contributed by atoms with van der Waals surface area (Å²) in [4.78, 5) is 22.8. The quantitative estimate of drug-likeness (QED) is 0.0118. The van der Waals surface area contributed by atoms with Crippen LogP contribution < -0.4 is 28.4 Å². The topological polar surface area (TPSA) is 445 Å². The molecule has 30 heteroatoms. The summed E-state index contributed by atoms with van der Waals surface area (Å²) in [5, 5.41) is 29.3. The molecular weight excluding hydrogens is 1150 g/mol. The molecule has 456 valence electrons. The van der Waals surface area contributed by atoms with E-state index in [0.717, 1.165) is 47.9 Å². The lowest BCUT2D eigenvalue weighted by atomic mass is 10.1. The summed E-state index contributed by atoms with van der Waals surface area (Å²) in [6, 6.07) is 32.5. The molecule has 0 aliphatic heterocycles. The Morgan fingerprint density at radius 3 is 0.589 bits per heavy atom. The van der Waals surface area contributed by atoms with E-state index in [0.29, 0.717) is 79.0 Å². The minimum Gasteiger partial charge on any atom is -0.490 e. The summed E-state index contributed by atoms with van der Waals surface area (Å²) in [6.45, 7) is 1.74. The van der Waals surface area contributed by atoms with Crippen molar-refractivity contribution >= 4 is 0 Å². The first-order valence-electron chi connectivity index (χ1n) is 27.8. The number of rotatable bonds is 40. The molecule has 6 aromatic rings. The monoisotopic (exact) mass is 1210 g/mol. The fraction of sp³-hybridized carbons (Fsp3) is 0.300. The molecule has 6 rings (SSSR count). The van der Waals surface area contributed by atoms with Gasteiger partial charge in [-0.3, -0.25) is 0 Å². The summed E-state index contributed by atoms with van der Waals surface area (Å²) in [5.41, 5.74) is 79.8. The van der Waals surface area contributed by atoms with E-state index in [4.69, 9.17) is 72.7 Å². The van der Waals surface area contributed by atoms with E-state index < -0.39 is 0 Å². The van der Waals surface area contributed by atoms with Crippen LogP contribution in [0.4, 0.5) is 0 Å². The molecule has 30 nitrogen and oxygen atoms in total. The molecule has 0 heterocycles. The molecule has 0 saturated carbocycles. The SMILES string of the molecule is [N-]=[N+]=NCc1cc(CN=[N+]=[N-])cc(OCc2cc(COc3cc(CN=[N+]=[N-])cc(CN=[N+]=[N-])c3)cc(OCC=CCC/C=C/CC/C=C/COc3cc(COc4cc(CN=[N+]=[N-])cc(CN=[N+]=[N-])c4)cc(COc4cc(CN=[N+]=[N-])cc(CN=[N+]=[N-])c4)c3)c2)c1. The Morgan fingerprint density at radius 2 is 0.389 bits per heavy atom. The number of hydrogen-bond acceptors (Lipinski definition) is 14. The van der Waals surface area contributed by atoms with Gasteiger partial charge in [-0.2, -0.15) is 0 Å². The number of unbranched alkanes of at least 4 members (excludes halogenated alkanes) is 2. The van der Waals surface area contributed by atoms with Gasteiger partial charge in [0, 0.05) is 39.3 Å². The molecule has 6 aromatic carbocycles. The fourth-order valence-corrected chi connectivity index (χ4v) is 8.79. The van der Waals surface area contributed by atoms with Crippen molar-refractivity contribution in [3.8, 4) is 34.5 Å². The van der Waals surface area contributed by atoms with Crippen molar-refractivity contribution in [1.29, 1.82) is 0 Å². The van der Waals surface area contributed by atoms with Crippen LogP contribution in [0.25, 0.3) is 83.5 Å². The molecule has 0 bridgehead atoms. The summed E-state index contributed by atoms with van der Waals surface area (Å²) in [6.07, 6.45) is 15.5. The lowest BCUT2D eigenvalue weighted by Crippen LogP contribution is -2.03. The highest BCUT2D eigenvalue weighted by Gasteiger charge is 2.12. The highest BCUT2D eigenvalue weighted by molar-refractivity contribution is 5.41. The van der Waals surface area contributed by atoms with E-state index in [9.17, 15) is 0 Å². The highest BCUT2D eigenvalue weighted by Crippen LogP contribution is 2.28. The van der Waals surface area contributed by atoms with Gasteiger partial charge in [-0.1, -0.05) is 102 Å². The Morgan fingerprint density at radius 1 is 0.222 bits per heavy atom. The zero-order valence-electron chi connectivity index (χ0n) is 48.8. The van der Waals surface area contributed by atoms with Crippen LogP contribution in [0.2, 0.25) is 0 Å². The predicted octanol–water partition coefficient (Wildman–Crippen LogP) is 19.2. The minimum absolute atomic E-state index is 0.0812. The Balaban J connectivity index is 1.04. The van der Waals surface area contributed by atoms with Gasteiger partial charge in [0.05, 0.1) is 52.4 Å². The third kappa shape index (κ3) is 25.6. The van der Waals surface area contributed by atoms with Crippen molar-refractivity contribution in [3.63, 3.8) is 0 Å². The van der Waals surface area contributed by atoms with Gasteiger partial charge in [0.15, 0.2) is 0 Å². The third-order valence-electron chi connectivity index (χ3n) is 12.5. The summed E-state index contributed by atoms with van der Waals surface area (Å²) in [5.74, 6) is 3.07. The Kier molecular flexibility index (Phi) is 29.3.